The average molecular weight is 293 g/mol. The number of pyridine rings is 1. The topological polar surface area (TPSA) is 54.5 Å². The van der Waals surface area contributed by atoms with Crippen LogP contribution in [-0.4, -0.2) is 48.6 Å². The zero-order valence-corrected chi connectivity index (χ0v) is 13.8. The SMILES string of the molecule is CCNc1cc(C(=O)N(CCOC)C(C)CC)cc(C)n1. The highest BCUT2D eigenvalue weighted by Crippen LogP contribution is 2.15. The smallest absolute Gasteiger partial charge is 0.254 e. The minimum Gasteiger partial charge on any atom is -0.383 e. The number of nitrogens with one attached hydrogen (secondary N) is 1. The Labute approximate surface area is 127 Å². The Hall–Kier alpha value is -1.62. The second kappa shape index (κ2) is 8.62. The molecular formula is C16H27N3O2. The molecule has 1 rings (SSSR count). The van der Waals surface area contributed by atoms with E-state index in [-0.39, 0.29) is 11.9 Å². The van der Waals surface area contributed by atoms with Crippen molar-refractivity contribution >= 4 is 11.7 Å². The van der Waals surface area contributed by atoms with Gasteiger partial charge in [0.05, 0.1) is 6.61 Å². The lowest BCUT2D eigenvalue weighted by molar-refractivity contribution is 0.0614. The van der Waals surface area contributed by atoms with Gasteiger partial charge in [0.2, 0.25) is 0 Å². The van der Waals surface area contributed by atoms with Crippen LogP contribution in [0.3, 0.4) is 0 Å². The van der Waals surface area contributed by atoms with Crippen LogP contribution in [0.1, 0.15) is 43.2 Å². The molecule has 0 saturated carbocycles. The molecule has 1 heterocycles. The molecule has 21 heavy (non-hydrogen) atoms. The number of carbonyl (C=O) groups excluding carboxylic acids is 1. The van der Waals surface area contributed by atoms with Crippen LogP contribution in [0.2, 0.25) is 0 Å². The van der Waals surface area contributed by atoms with E-state index in [4.69, 9.17) is 4.74 Å². The lowest BCUT2D eigenvalue weighted by atomic mass is 10.1. The van der Waals surface area contributed by atoms with E-state index < -0.39 is 0 Å². The van der Waals surface area contributed by atoms with Crippen LogP contribution < -0.4 is 5.32 Å². The van der Waals surface area contributed by atoms with E-state index in [2.05, 4.69) is 24.1 Å². The predicted molar refractivity (Wildman–Crippen MR) is 85.8 cm³/mol. The number of amides is 1. The van der Waals surface area contributed by atoms with Gasteiger partial charge in [-0.15, -0.1) is 0 Å². The van der Waals surface area contributed by atoms with Gasteiger partial charge in [-0.05, 0) is 39.3 Å². The summed E-state index contributed by atoms with van der Waals surface area (Å²) in [6.45, 7) is 9.98. The molecule has 0 saturated heterocycles. The maximum atomic E-state index is 12.8. The van der Waals surface area contributed by atoms with E-state index in [0.717, 1.165) is 24.5 Å². The van der Waals surface area contributed by atoms with Crippen molar-refractivity contribution in [2.45, 2.75) is 40.2 Å². The molecule has 1 unspecified atom stereocenters. The molecule has 0 aliphatic carbocycles. The van der Waals surface area contributed by atoms with Crippen molar-refractivity contribution in [3.63, 3.8) is 0 Å². The lowest BCUT2D eigenvalue weighted by Gasteiger charge is -2.28. The van der Waals surface area contributed by atoms with Gasteiger partial charge in [0.15, 0.2) is 0 Å². The third-order valence-electron chi connectivity index (χ3n) is 3.48. The first-order valence-corrected chi connectivity index (χ1v) is 7.55. The quantitative estimate of drug-likeness (QED) is 0.800. The van der Waals surface area contributed by atoms with Gasteiger partial charge in [-0.1, -0.05) is 6.92 Å². The number of rotatable bonds is 8. The molecule has 1 aromatic rings. The summed E-state index contributed by atoms with van der Waals surface area (Å²) in [6.07, 6.45) is 0.916. The summed E-state index contributed by atoms with van der Waals surface area (Å²) in [5.41, 5.74) is 1.52. The standard InChI is InChI=1S/C16H27N3O2/c1-6-13(4)19(8-9-21-5)16(20)14-10-12(3)18-15(11-14)17-7-2/h10-11,13H,6-9H2,1-5H3,(H,17,18). The molecule has 0 aliphatic heterocycles. The molecule has 118 valence electrons. The van der Waals surface area contributed by atoms with Crippen LogP contribution in [0.5, 0.6) is 0 Å². The van der Waals surface area contributed by atoms with E-state index >= 15 is 0 Å². The van der Waals surface area contributed by atoms with E-state index in [1.807, 2.05) is 30.9 Å². The highest BCUT2D eigenvalue weighted by Gasteiger charge is 2.21. The number of ether oxygens (including phenoxy) is 1. The lowest BCUT2D eigenvalue weighted by Crippen LogP contribution is -2.40. The highest BCUT2D eigenvalue weighted by molar-refractivity contribution is 5.95. The molecule has 1 atom stereocenters. The van der Waals surface area contributed by atoms with Crippen molar-refractivity contribution in [2.24, 2.45) is 0 Å². The largest absolute Gasteiger partial charge is 0.383 e. The Morgan fingerprint density at radius 2 is 2.14 bits per heavy atom. The monoisotopic (exact) mass is 293 g/mol. The fourth-order valence-electron chi connectivity index (χ4n) is 2.16. The number of nitrogens with zero attached hydrogens (tertiary/aromatic N) is 2. The number of aryl methyl sites for hydroxylation is 1. The van der Waals surface area contributed by atoms with Gasteiger partial charge in [0.25, 0.3) is 5.91 Å². The number of hydrogen-bond donors (Lipinski definition) is 1. The molecule has 0 radical (unpaired) electrons. The maximum absolute atomic E-state index is 12.8. The predicted octanol–water partition coefficient (Wildman–Crippen LogP) is 2.71. The molecule has 0 bridgehead atoms. The van der Waals surface area contributed by atoms with Crippen molar-refractivity contribution in [1.82, 2.24) is 9.88 Å². The Balaban J connectivity index is 3.01. The average Bonchev–Trinajstić information content (AvgIpc) is 2.46. The van der Waals surface area contributed by atoms with E-state index in [9.17, 15) is 4.79 Å². The Kier molecular flexibility index (Phi) is 7.15. The van der Waals surface area contributed by atoms with Crippen molar-refractivity contribution in [3.8, 4) is 0 Å². The summed E-state index contributed by atoms with van der Waals surface area (Å²) in [4.78, 5) is 19.0. The molecule has 1 N–H and O–H groups in total. The van der Waals surface area contributed by atoms with E-state index in [1.54, 1.807) is 7.11 Å². The first kappa shape index (κ1) is 17.4. The summed E-state index contributed by atoms with van der Waals surface area (Å²) in [6, 6.07) is 3.84. The fourth-order valence-corrected chi connectivity index (χ4v) is 2.16. The van der Waals surface area contributed by atoms with Crippen molar-refractivity contribution in [3.05, 3.63) is 23.4 Å². The number of carbonyl (C=O) groups is 1. The summed E-state index contributed by atoms with van der Waals surface area (Å²) >= 11 is 0. The second-order valence-electron chi connectivity index (χ2n) is 5.16. The fraction of sp³-hybridized carbons (Fsp3) is 0.625. The maximum Gasteiger partial charge on any atom is 0.254 e. The van der Waals surface area contributed by atoms with Crippen LogP contribution in [0.25, 0.3) is 0 Å². The Bertz CT molecular complexity index is 463. The molecule has 5 nitrogen and oxygen atoms in total. The molecule has 0 fully saturated rings. The summed E-state index contributed by atoms with van der Waals surface area (Å²) < 4.78 is 5.12. The normalized spacial score (nSPS) is 12.0. The third-order valence-corrected chi connectivity index (χ3v) is 3.48. The number of methoxy groups -OCH3 is 1. The molecule has 5 heteroatoms. The van der Waals surface area contributed by atoms with Gasteiger partial charge < -0.3 is 15.0 Å². The van der Waals surface area contributed by atoms with Gasteiger partial charge in [-0.25, -0.2) is 4.98 Å². The molecule has 1 aromatic heterocycles. The third kappa shape index (κ3) is 5.01. The van der Waals surface area contributed by atoms with Gasteiger partial charge in [-0.2, -0.15) is 0 Å². The first-order valence-electron chi connectivity index (χ1n) is 7.55. The first-order chi connectivity index (χ1) is 10.0. The van der Waals surface area contributed by atoms with Crippen LogP contribution in [0.15, 0.2) is 12.1 Å². The molecule has 0 spiro atoms. The van der Waals surface area contributed by atoms with E-state index in [0.29, 0.717) is 18.7 Å². The summed E-state index contributed by atoms with van der Waals surface area (Å²) in [7, 11) is 1.65. The van der Waals surface area contributed by atoms with Crippen LogP contribution >= 0.6 is 0 Å². The van der Waals surface area contributed by atoms with Gasteiger partial charge in [-0.3, -0.25) is 4.79 Å². The Morgan fingerprint density at radius 1 is 1.43 bits per heavy atom. The minimum absolute atomic E-state index is 0.0334. The summed E-state index contributed by atoms with van der Waals surface area (Å²) in [5, 5.41) is 3.16. The summed E-state index contributed by atoms with van der Waals surface area (Å²) in [5.74, 6) is 0.780. The number of aromatic nitrogens is 1. The van der Waals surface area contributed by atoms with Gasteiger partial charge >= 0.3 is 0 Å². The van der Waals surface area contributed by atoms with Gasteiger partial charge in [0, 0.05) is 37.5 Å². The zero-order chi connectivity index (χ0) is 15.8. The van der Waals surface area contributed by atoms with Crippen LogP contribution in [-0.2, 0) is 4.74 Å². The number of anilines is 1. The number of hydrogen-bond acceptors (Lipinski definition) is 4. The van der Waals surface area contributed by atoms with Crippen LogP contribution in [0.4, 0.5) is 5.82 Å². The molecule has 1 amide bonds. The van der Waals surface area contributed by atoms with Crippen molar-refractivity contribution in [2.75, 3.05) is 32.1 Å². The van der Waals surface area contributed by atoms with E-state index in [1.165, 1.54) is 0 Å². The van der Waals surface area contributed by atoms with Gasteiger partial charge in [0.1, 0.15) is 5.82 Å². The Morgan fingerprint density at radius 3 is 2.71 bits per heavy atom. The molecule has 0 aromatic carbocycles. The van der Waals surface area contributed by atoms with Crippen LogP contribution in [0, 0.1) is 6.92 Å². The van der Waals surface area contributed by atoms with Crippen molar-refractivity contribution in [1.29, 1.82) is 0 Å². The highest BCUT2D eigenvalue weighted by atomic mass is 16.5. The zero-order valence-electron chi connectivity index (χ0n) is 13.8. The molecule has 0 aliphatic rings. The second-order valence-corrected chi connectivity index (χ2v) is 5.16. The minimum atomic E-state index is 0.0334. The van der Waals surface area contributed by atoms with Crippen molar-refractivity contribution < 1.29 is 9.53 Å². The molecular weight excluding hydrogens is 266 g/mol.